The van der Waals surface area contributed by atoms with Crippen molar-refractivity contribution >= 4 is 17.2 Å². The fourth-order valence-electron chi connectivity index (χ4n) is 6.17. The molecular weight excluding hydrogens is 482 g/mol. The van der Waals surface area contributed by atoms with Crippen LogP contribution in [0.5, 0.6) is 5.75 Å². The van der Waals surface area contributed by atoms with Crippen molar-refractivity contribution < 1.29 is 4.74 Å². The van der Waals surface area contributed by atoms with Gasteiger partial charge in [-0.15, -0.1) is 0 Å². The van der Waals surface area contributed by atoms with Crippen LogP contribution >= 0.6 is 0 Å². The highest BCUT2D eigenvalue weighted by Gasteiger charge is 2.31. The van der Waals surface area contributed by atoms with Crippen molar-refractivity contribution in [3.8, 4) is 16.9 Å². The van der Waals surface area contributed by atoms with E-state index in [9.17, 15) is 0 Å². The molecule has 6 heteroatoms. The highest BCUT2D eigenvalue weighted by Crippen LogP contribution is 2.40. The van der Waals surface area contributed by atoms with Crippen LogP contribution in [0.25, 0.3) is 11.1 Å². The monoisotopic (exact) mass is 523 g/mol. The summed E-state index contributed by atoms with van der Waals surface area (Å²) in [6, 6.07) is 13.4. The Bertz CT molecular complexity index is 1410. The van der Waals surface area contributed by atoms with Crippen LogP contribution in [0, 0.1) is 5.41 Å². The van der Waals surface area contributed by atoms with Gasteiger partial charge < -0.3 is 15.0 Å². The number of nitrogens with zero attached hydrogens (tertiary/aromatic N) is 4. The van der Waals surface area contributed by atoms with Crippen molar-refractivity contribution in [2.75, 3.05) is 24.6 Å². The summed E-state index contributed by atoms with van der Waals surface area (Å²) in [6.45, 7) is 12.8. The molecule has 0 saturated carbocycles. The largest absolute Gasteiger partial charge is 0.491 e. The molecular formula is C33H41N5O. The van der Waals surface area contributed by atoms with E-state index in [0.717, 1.165) is 74.8 Å². The number of hydrogen-bond donors (Lipinski definition) is 1. The first-order valence-corrected chi connectivity index (χ1v) is 14.7. The maximum absolute atomic E-state index is 6.27. The second kappa shape index (κ2) is 10.7. The zero-order valence-corrected chi connectivity index (χ0v) is 23.9. The van der Waals surface area contributed by atoms with Gasteiger partial charge in [-0.3, -0.25) is 4.99 Å². The number of fused-ring (bicyclic) bond motifs is 3. The zero-order valence-electron chi connectivity index (χ0n) is 23.9. The Morgan fingerprint density at radius 3 is 2.72 bits per heavy atom. The molecule has 0 fully saturated rings. The lowest BCUT2D eigenvalue weighted by Crippen LogP contribution is -2.32. The van der Waals surface area contributed by atoms with E-state index in [-0.39, 0.29) is 5.41 Å². The van der Waals surface area contributed by atoms with E-state index in [2.05, 4.69) is 74.3 Å². The molecule has 0 unspecified atom stereocenters. The fourth-order valence-corrected chi connectivity index (χ4v) is 6.17. The van der Waals surface area contributed by atoms with Crippen molar-refractivity contribution in [3.05, 3.63) is 64.6 Å². The van der Waals surface area contributed by atoms with Crippen molar-refractivity contribution in [1.29, 1.82) is 0 Å². The van der Waals surface area contributed by atoms with E-state index in [1.54, 1.807) is 0 Å². The number of hydrogen-bond acceptors (Lipinski definition) is 6. The average molecular weight is 524 g/mol. The SMILES string of the molecule is CCNCc1nc2c(c(N3CCOc4ccc(-c5ccc6c(c5)N=C(C)CCC6)cc4C3)n1)CC(C)(C)CC2. The molecule has 6 rings (SSSR count). The maximum Gasteiger partial charge on any atom is 0.144 e. The molecule has 204 valence electrons. The third-order valence-corrected chi connectivity index (χ3v) is 8.40. The van der Waals surface area contributed by atoms with Crippen LogP contribution < -0.4 is 15.0 Å². The number of rotatable bonds is 5. The van der Waals surface area contributed by atoms with E-state index in [1.165, 1.54) is 45.6 Å². The van der Waals surface area contributed by atoms with Gasteiger partial charge in [0.15, 0.2) is 0 Å². The minimum absolute atomic E-state index is 0.258. The molecule has 3 aliphatic rings. The molecule has 2 aromatic carbocycles. The van der Waals surface area contributed by atoms with Crippen molar-refractivity contribution in [2.24, 2.45) is 10.4 Å². The van der Waals surface area contributed by atoms with Crippen molar-refractivity contribution in [3.63, 3.8) is 0 Å². The second-order valence-electron chi connectivity index (χ2n) is 12.1. The fraction of sp³-hybridized carbons (Fsp3) is 0.485. The molecule has 0 radical (unpaired) electrons. The lowest BCUT2D eigenvalue weighted by atomic mass is 9.76. The first kappa shape index (κ1) is 26.0. The average Bonchev–Trinajstić information content (AvgIpc) is 3.25. The van der Waals surface area contributed by atoms with Gasteiger partial charge in [-0.25, -0.2) is 9.97 Å². The molecule has 1 N–H and O–H groups in total. The summed E-state index contributed by atoms with van der Waals surface area (Å²) in [5.41, 5.74) is 10.1. The highest BCUT2D eigenvalue weighted by molar-refractivity contribution is 5.86. The minimum Gasteiger partial charge on any atom is -0.491 e. The van der Waals surface area contributed by atoms with E-state index < -0.39 is 0 Å². The zero-order chi connectivity index (χ0) is 27.0. The molecule has 0 bridgehead atoms. The number of ether oxygens (including phenoxy) is 1. The van der Waals surface area contributed by atoms with Gasteiger partial charge in [0, 0.05) is 29.1 Å². The Hall–Kier alpha value is -3.25. The molecule has 39 heavy (non-hydrogen) atoms. The van der Waals surface area contributed by atoms with E-state index >= 15 is 0 Å². The summed E-state index contributed by atoms with van der Waals surface area (Å²) >= 11 is 0. The lowest BCUT2D eigenvalue weighted by molar-refractivity contribution is 0.310. The van der Waals surface area contributed by atoms with Crippen molar-refractivity contribution in [2.45, 2.75) is 79.3 Å². The maximum atomic E-state index is 6.27. The predicted octanol–water partition coefficient (Wildman–Crippen LogP) is 6.60. The third kappa shape index (κ3) is 5.58. The van der Waals surface area contributed by atoms with Gasteiger partial charge >= 0.3 is 0 Å². The number of aryl methyl sites for hydroxylation is 2. The molecule has 1 aromatic heterocycles. The summed E-state index contributed by atoms with van der Waals surface area (Å²) < 4.78 is 6.27. The molecule has 3 heterocycles. The van der Waals surface area contributed by atoms with Crippen LogP contribution in [0.1, 0.15) is 75.2 Å². The molecule has 2 aliphatic heterocycles. The van der Waals surface area contributed by atoms with Gasteiger partial charge in [0.25, 0.3) is 0 Å². The molecule has 0 atom stereocenters. The van der Waals surface area contributed by atoms with E-state index in [1.807, 2.05) is 0 Å². The van der Waals surface area contributed by atoms with Gasteiger partial charge in [-0.05, 0) is 92.3 Å². The summed E-state index contributed by atoms with van der Waals surface area (Å²) in [5, 5.41) is 3.42. The van der Waals surface area contributed by atoms with Gasteiger partial charge in [0.2, 0.25) is 0 Å². The quantitative estimate of drug-likeness (QED) is 0.408. The first-order chi connectivity index (χ1) is 18.9. The van der Waals surface area contributed by atoms with Gasteiger partial charge in [0.1, 0.15) is 24.0 Å². The summed E-state index contributed by atoms with van der Waals surface area (Å²) in [5.74, 6) is 2.96. The van der Waals surface area contributed by atoms with Crippen LogP contribution in [-0.2, 0) is 32.4 Å². The number of aromatic nitrogens is 2. The normalized spacial score (nSPS) is 18.2. The molecule has 6 nitrogen and oxygen atoms in total. The number of aliphatic imine (C=N–C) groups is 1. The summed E-state index contributed by atoms with van der Waals surface area (Å²) in [7, 11) is 0. The summed E-state index contributed by atoms with van der Waals surface area (Å²) in [6.07, 6.45) is 6.54. The number of anilines is 1. The predicted molar refractivity (Wildman–Crippen MR) is 159 cm³/mol. The highest BCUT2D eigenvalue weighted by atomic mass is 16.5. The van der Waals surface area contributed by atoms with Crippen molar-refractivity contribution in [1.82, 2.24) is 15.3 Å². The topological polar surface area (TPSA) is 62.6 Å². The Kier molecular flexibility index (Phi) is 7.15. The molecule has 3 aromatic rings. The third-order valence-electron chi connectivity index (χ3n) is 8.40. The molecule has 0 spiro atoms. The van der Waals surface area contributed by atoms with Crippen LogP contribution in [0.3, 0.4) is 0 Å². The Morgan fingerprint density at radius 2 is 1.85 bits per heavy atom. The molecule has 0 amide bonds. The van der Waals surface area contributed by atoms with Crippen LogP contribution in [-0.4, -0.2) is 35.4 Å². The molecule has 0 saturated heterocycles. The van der Waals surface area contributed by atoms with Crippen LogP contribution in [0.4, 0.5) is 11.5 Å². The number of benzene rings is 2. The van der Waals surface area contributed by atoms with Gasteiger partial charge in [-0.1, -0.05) is 39.0 Å². The Morgan fingerprint density at radius 1 is 1.00 bits per heavy atom. The van der Waals surface area contributed by atoms with E-state index in [0.29, 0.717) is 13.2 Å². The van der Waals surface area contributed by atoms with Crippen LogP contribution in [0.2, 0.25) is 0 Å². The Labute approximate surface area is 232 Å². The Balaban J connectivity index is 1.35. The van der Waals surface area contributed by atoms with Gasteiger partial charge in [-0.2, -0.15) is 0 Å². The van der Waals surface area contributed by atoms with E-state index in [4.69, 9.17) is 19.7 Å². The number of nitrogens with one attached hydrogen (secondary N) is 1. The molecule has 1 aliphatic carbocycles. The standard InChI is InChI=1S/C33H41N5O/c1-5-34-20-31-36-28-13-14-33(3,4)19-27(28)32(37-31)38-15-16-39-30-12-11-24(17-26(30)21-38)25-10-9-23-8-6-7-22(2)35-29(23)18-25/h9-12,17-18,34H,5-8,13-16,19-21H2,1-4H3. The smallest absolute Gasteiger partial charge is 0.144 e. The minimum atomic E-state index is 0.258. The lowest BCUT2D eigenvalue weighted by Gasteiger charge is -2.34. The second-order valence-corrected chi connectivity index (χ2v) is 12.1. The van der Waals surface area contributed by atoms with Crippen LogP contribution in [0.15, 0.2) is 41.4 Å². The first-order valence-electron chi connectivity index (χ1n) is 14.7. The summed E-state index contributed by atoms with van der Waals surface area (Å²) in [4.78, 5) is 17.5. The van der Waals surface area contributed by atoms with Gasteiger partial charge in [0.05, 0.1) is 18.8 Å².